The summed E-state index contributed by atoms with van der Waals surface area (Å²) < 4.78 is 0. The average molecular weight is 276 g/mol. The van der Waals surface area contributed by atoms with Crippen LogP contribution in [0.4, 0.5) is 5.69 Å². The summed E-state index contributed by atoms with van der Waals surface area (Å²) in [5.74, 6) is -0.506. The number of primary amides is 1. The summed E-state index contributed by atoms with van der Waals surface area (Å²) in [5.41, 5.74) is 7.21. The fourth-order valence-corrected chi connectivity index (χ4v) is 2.22. The summed E-state index contributed by atoms with van der Waals surface area (Å²) in [6, 6.07) is 5.02. The molecule has 0 aliphatic carbocycles. The van der Waals surface area contributed by atoms with Crippen molar-refractivity contribution < 1.29 is 9.59 Å². The second-order valence-electron chi connectivity index (χ2n) is 4.97. The Labute approximate surface area is 118 Å². The molecule has 1 fully saturated rings. The lowest BCUT2D eigenvalue weighted by molar-refractivity contribution is -0.117. The van der Waals surface area contributed by atoms with Crippen molar-refractivity contribution in [3.8, 4) is 0 Å². The van der Waals surface area contributed by atoms with E-state index in [0.29, 0.717) is 12.1 Å². The lowest BCUT2D eigenvalue weighted by atomic mass is 10.1. The standard InChI is InChI=1S/C14H20N4O2/c1-10-8-11(14(15)20)2-3-12(10)17-13(19)9-18-6-4-16-5-7-18/h2-3,8,16H,4-7,9H2,1H3,(H2,15,20)(H,17,19). The molecule has 4 N–H and O–H groups in total. The Bertz CT molecular complexity index is 510. The van der Waals surface area contributed by atoms with Gasteiger partial charge >= 0.3 is 0 Å². The van der Waals surface area contributed by atoms with E-state index in [0.717, 1.165) is 37.4 Å². The maximum absolute atomic E-state index is 12.0. The Hall–Kier alpha value is -1.92. The minimum absolute atomic E-state index is 0.0400. The van der Waals surface area contributed by atoms with Crippen molar-refractivity contribution in [1.29, 1.82) is 0 Å². The maximum Gasteiger partial charge on any atom is 0.248 e. The van der Waals surface area contributed by atoms with E-state index in [4.69, 9.17) is 5.73 Å². The van der Waals surface area contributed by atoms with Gasteiger partial charge in [-0.2, -0.15) is 0 Å². The van der Waals surface area contributed by atoms with Gasteiger partial charge in [0.1, 0.15) is 0 Å². The number of piperazine rings is 1. The number of benzene rings is 1. The SMILES string of the molecule is Cc1cc(C(N)=O)ccc1NC(=O)CN1CCNCC1. The van der Waals surface area contributed by atoms with Gasteiger partial charge in [-0.1, -0.05) is 0 Å². The first-order chi connectivity index (χ1) is 9.56. The largest absolute Gasteiger partial charge is 0.366 e. The van der Waals surface area contributed by atoms with Crippen LogP contribution in [0.1, 0.15) is 15.9 Å². The lowest BCUT2D eigenvalue weighted by Gasteiger charge is -2.26. The van der Waals surface area contributed by atoms with Crippen LogP contribution in [-0.4, -0.2) is 49.4 Å². The molecule has 0 bridgehead atoms. The molecule has 2 amide bonds. The first-order valence-electron chi connectivity index (χ1n) is 6.69. The van der Waals surface area contributed by atoms with Gasteiger partial charge in [-0.3, -0.25) is 14.5 Å². The highest BCUT2D eigenvalue weighted by Crippen LogP contribution is 2.16. The van der Waals surface area contributed by atoms with Crippen molar-refractivity contribution in [3.63, 3.8) is 0 Å². The van der Waals surface area contributed by atoms with E-state index in [-0.39, 0.29) is 5.91 Å². The maximum atomic E-state index is 12.0. The summed E-state index contributed by atoms with van der Waals surface area (Å²) in [4.78, 5) is 25.2. The molecule has 0 atom stereocenters. The first-order valence-corrected chi connectivity index (χ1v) is 6.69. The van der Waals surface area contributed by atoms with Crippen molar-refractivity contribution >= 4 is 17.5 Å². The number of nitrogens with zero attached hydrogens (tertiary/aromatic N) is 1. The molecule has 1 aromatic carbocycles. The summed E-state index contributed by atoms with van der Waals surface area (Å²) >= 11 is 0. The third kappa shape index (κ3) is 3.79. The van der Waals surface area contributed by atoms with Gasteiger partial charge in [0.25, 0.3) is 0 Å². The van der Waals surface area contributed by atoms with Crippen LogP contribution < -0.4 is 16.4 Å². The molecule has 1 heterocycles. The van der Waals surface area contributed by atoms with E-state index in [9.17, 15) is 9.59 Å². The number of carbonyl (C=O) groups excluding carboxylic acids is 2. The number of hydrogen-bond donors (Lipinski definition) is 3. The normalized spacial score (nSPS) is 15.8. The first kappa shape index (κ1) is 14.5. The number of nitrogens with one attached hydrogen (secondary N) is 2. The Morgan fingerprint density at radius 2 is 2.05 bits per heavy atom. The number of hydrogen-bond acceptors (Lipinski definition) is 4. The summed E-state index contributed by atoms with van der Waals surface area (Å²) in [7, 11) is 0. The molecule has 1 aliphatic rings. The summed E-state index contributed by atoms with van der Waals surface area (Å²) in [6.45, 7) is 5.82. The molecule has 0 aromatic heterocycles. The van der Waals surface area contributed by atoms with Crippen molar-refractivity contribution in [1.82, 2.24) is 10.2 Å². The quantitative estimate of drug-likeness (QED) is 0.719. The van der Waals surface area contributed by atoms with Gasteiger partial charge in [0.15, 0.2) is 0 Å². The highest BCUT2D eigenvalue weighted by atomic mass is 16.2. The van der Waals surface area contributed by atoms with Crippen LogP contribution in [0.5, 0.6) is 0 Å². The second kappa shape index (κ2) is 6.49. The third-order valence-electron chi connectivity index (χ3n) is 3.36. The van der Waals surface area contributed by atoms with Crippen molar-refractivity contribution in [2.75, 3.05) is 38.0 Å². The van der Waals surface area contributed by atoms with Crippen molar-refractivity contribution in [3.05, 3.63) is 29.3 Å². The summed E-state index contributed by atoms with van der Waals surface area (Å²) in [5, 5.41) is 6.12. The highest BCUT2D eigenvalue weighted by molar-refractivity contribution is 5.96. The van der Waals surface area contributed by atoms with Crippen LogP contribution in [0.3, 0.4) is 0 Å². The van der Waals surface area contributed by atoms with E-state index in [1.807, 2.05) is 6.92 Å². The zero-order valence-electron chi connectivity index (χ0n) is 11.6. The van der Waals surface area contributed by atoms with E-state index in [2.05, 4.69) is 15.5 Å². The molecule has 2 rings (SSSR count). The molecule has 20 heavy (non-hydrogen) atoms. The molecular formula is C14H20N4O2. The molecular weight excluding hydrogens is 256 g/mol. The monoisotopic (exact) mass is 276 g/mol. The molecule has 0 saturated carbocycles. The molecule has 0 spiro atoms. The lowest BCUT2D eigenvalue weighted by Crippen LogP contribution is -2.46. The summed E-state index contributed by atoms with van der Waals surface area (Å²) in [6.07, 6.45) is 0. The van der Waals surface area contributed by atoms with Gasteiger partial charge in [-0.25, -0.2) is 0 Å². The Morgan fingerprint density at radius 3 is 2.65 bits per heavy atom. The fourth-order valence-electron chi connectivity index (χ4n) is 2.22. The number of anilines is 1. The number of carbonyl (C=O) groups is 2. The van der Waals surface area contributed by atoms with Crippen LogP contribution >= 0.6 is 0 Å². The van der Waals surface area contributed by atoms with Crippen LogP contribution in [0.15, 0.2) is 18.2 Å². The average Bonchev–Trinajstić information content (AvgIpc) is 2.42. The predicted molar refractivity (Wildman–Crippen MR) is 77.6 cm³/mol. The Balaban J connectivity index is 1.95. The predicted octanol–water partition coefficient (Wildman–Crippen LogP) is -0.0624. The van der Waals surface area contributed by atoms with Gasteiger partial charge < -0.3 is 16.4 Å². The van der Waals surface area contributed by atoms with Crippen LogP contribution in [0.25, 0.3) is 0 Å². The highest BCUT2D eigenvalue weighted by Gasteiger charge is 2.14. The fraction of sp³-hybridized carbons (Fsp3) is 0.429. The number of rotatable bonds is 4. The van der Waals surface area contributed by atoms with Crippen LogP contribution in [-0.2, 0) is 4.79 Å². The minimum Gasteiger partial charge on any atom is -0.366 e. The minimum atomic E-state index is -0.466. The topological polar surface area (TPSA) is 87.5 Å². The van der Waals surface area contributed by atoms with E-state index < -0.39 is 5.91 Å². The van der Waals surface area contributed by atoms with E-state index in [1.165, 1.54) is 0 Å². The zero-order chi connectivity index (χ0) is 14.5. The van der Waals surface area contributed by atoms with Gasteiger partial charge in [0.2, 0.25) is 11.8 Å². The van der Waals surface area contributed by atoms with Gasteiger partial charge in [-0.05, 0) is 30.7 Å². The molecule has 1 aliphatic heterocycles. The van der Waals surface area contributed by atoms with E-state index in [1.54, 1.807) is 18.2 Å². The Kier molecular flexibility index (Phi) is 4.70. The number of nitrogens with two attached hydrogens (primary N) is 1. The van der Waals surface area contributed by atoms with Gasteiger partial charge in [-0.15, -0.1) is 0 Å². The molecule has 1 aromatic rings. The van der Waals surface area contributed by atoms with Crippen molar-refractivity contribution in [2.24, 2.45) is 5.73 Å². The molecule has 6 nitrogen and oxygen atoms in total. The molecule has 0 unspecified atom stereocenters. The Morgan fingerprint density at radius 1 is 1.35 bits per heavy atom. The third-order valence-corrected chi connectivity index (χ3v) is 3.36. The zero-order valence-corrected chi connectivity index (χ0v) is 11.6. The molecule has 1 saturated heterocycles. The number of aryl methyl sites for hydroxylation is 1. The van der Waals surface area contributed by atoms with Crippen LogP contribution in [0, 0.1) is 6.92 Å². The molecule has 108 valence electrons. The number of amides is 2. The van der Waals surface area contributed by atoms with Crippen molar-refractivity contribution in [2.45, 2.75) is 6.92 Å². The van der Waals surface area contributed by atoms with Gasteiger partial charge in [0, 0.05) is 37.4 Å². The smallest absolute Gasteiger partial charge is 0.248 e. The molecule has 6 heteroatoms. The molecule has 0 radical (unpaired) electrons. The van der Waals surface area contributed by atoms with Gasteiger partial charge in [0.05, 0.1) is 6.54 Å². The second-order valence-corrected chi connectivity index (χ2v) is 4.97. The van der Waals surface area contributed by atoms with E-state index >= 15 is 0 Å². The van der Waals surface area contributed by atoms with Crippen LogP contribution in [0.2, 0.25) is 0 Å².